The summed E-state index contributed by atoms with van der Waals surface area (Å²) in [5.41, 5.74) is 20.2. The van der Waals surface area contributed by atoms with E-state index in [0.717, 1.165) is 0 Å². The van der Waals surface area contributed by atoms with Crippen LogP contribution in [-0.4, -0.2) is 0 Å². The minimum Gasteiger partial charge on any atom is -0.0622 e. The van der Waals surface area contributed by atoms with Crippen LogP contribution in [0.3, 0.4) is 0 Å². The maximum absolute atomic E-state index is 2.46. The molecule has 0 atom stereocenters. The van der Waals surface area contributed by atoms with Gasteiger partial charge in [0.2, 0.25) is 0 Å². The Hall–Kier alpha value is -8.32. The average molecular weight is 809 g/mol. The summed E-state index contributed by atoms with van der Waals surface area (Å²) in [5.74, 6) is 0. The van der Waals surface area contributed by atoms with Crippen LogP contribution in [-0.2, 0) is 0 Å². The molecule has 296 valence electrons. The number of hydrogen-bond donors (Lipinski definition) is 0. The second-order valence-electron chi connectivity index (χ2n) is 17.1. The van der Waals surface area contributed by atoms with E-state index >= 15 is 0 Å². The second kappa shape index (κ2) is 14.7. The Kier molecular flexibility index (Phi) is 8.32. The van der Waals surface area contributed by atoms with E-state index in [1.807, 2.05) is 0 Å². The van der Waals surface area contributed by atoms with Crippen LogP contribution in [0.1, 0.15) is 0 Å². The summed E-state index contributed by atoms with van der Waals surface area (Å²) < 4.78 is 0. The summed E-state index contributed by atoms with van der Waals surface area (Å²) in [7, 11) is 0. The minimum atomic E-state index is 1.20. The van der Waals surface area contributed by atoms with E-state index in [1.54, 1.807) is 0 Å². The van der Waals surface area contributed by atoms with Crippen LogP contribution < -0.4 is 0 Å². The molecule has 0 heterocycles. The predicted octanol–water partition coefficient (Wildman–Crippen LogP) is 17.9. The van der Waals surface area contributed by atoms with Crippen LogP contribution >= 0.6 is 0 Å². The van der Waals surface area contributed by atoms with Crippen LogP contribution in [0, 0.1) is 0 Å². The average Bonchev–Trinajstić information content (AvgIpc) is 3.69. The third-order valence-corrected chi connectivity index (χ3v) is 13.6. The number of benzene rings is 12. The van der Waals surface area contributed by atoms with E-state index in [0.29, 0.717) is 0 Å². The van der Waals surface area contributed by atoms with Crippen molar-refractivity contribution in [3.05, 3.63) is 243 Å². The van der Waals surface area contributed by atoms with Gasteiger partial charge < -0.3 is 0 Å². The van der Waals surface area contributed by atoms with E-state index in [9.17, 15) is 0 Å². The standard InChI is InChI=1S/C64H40/c1-5-18-43(19-6-1)58-50-27-13-14-28-51(50)59(44-20-7-2-8-21-44)56-39-47(36-37-54(56)58)41-32-34-42(35-33-41)49-38-48-26-17-31-55-60(48)57(40-49)64-62(46-24-11-4-12-25-46)53-30-16-15-29-52(53)61(63(55)64)45-22-9-3-10-23-45/h1-40H. The van der Waals surface area contributed by atoms with Crippen molar-refractivity contribution in [2.45, 2.75) is 0 Å². The lowest BCUT2D eigenvalue weighted by atomic mass is 9.82. The Morgan fingerprint density at radius 2 is 0.562 bits per heavy atom. The summed E-state index contributed by atoms with van der Waals surface area (Å²) in [6.45, 7) is 0. The third-order valence-electron chi connectivity index (χ3n) is 13.6. The zero-order valence-electron chi connectivity index (χ0n) is 35.1. The lowest BCUT2D eigenvalue weighted by Crippen LogP contribution is -1.93. The summed E-state index contributed by atoms with van der Waals surface area (Å²) in [4.78, 5) is 0. The lowest BCUT2D eigenvalue weighted by molar-refractivity contribution is 1.61. The van der Waals surface area contributed by atoms with Gasteiger partial charge in [0.25, 0.3) is 0 Å². The van der Waals surface area contributed by atoms with Crippen molar-refractivity contribution in [1.82, 2.24) is 0 Å². The molecule has 0 amide bonds. The molecule has 0 aliphatic heterocycles. The van der Waals surface area contributed by atoms with Gasteiger partial charge in [0, 0.05) is 0 Å². The summed E-state index contributed by atoms with van der Waals surface area (Å²) >= 11 is 0. The van der Waals surface area contributed by atoms with E-state index in [-0.39, 0.29) is 0 Å². The molecule has 13 rings (SSSR count). The smallest absolute Gasteiger partial charge is 0.000720 e. The molecule has 0 heteroatoms. The van der Waals surface area contributed by atoms with E-state index < -0.39 is 0 Å². The Morgan fingerprint density at radius 1 is 0.172 bits per heavy atom. The van der Waals surface area contributed by atoms with Crippen molar-refractivity contribution in [2.24, 2.45) is 0 Å². The van der Waals surface area contributed by atoms with E-state index in [2.05, 4.69) is 243 Å². The van der Waals surface area contributed by atoms with E-state index in [1.165, 1.54) is 132 Å². The van der Waals surface area contributed by atoms with Gasteiger partial charge in [-0.1, -0.05) is 224 Å². The molecule has 0 N–H and O–H groups in total. The molecule has 0 aromatic heterocycles. The number of rotatable bonds is 6. The molecule has 0 nitrogen and oxygen atoms in total. The molecule has 1 aliphatic carbocycles. The van der Waals surface area contributed by atoms with Gasteiger partial charge in [-0.05, 0) is 150 Å². The van der Waals surface area contributed by atoms with Gasteiger partial charge in [-0.15, -0.1) is 0 Å². The zero-order chi connectivity index (χ0) is 42.1. The highest BCUT2D eigenvalue weighted by Crippen LogP contribution is 2.58. The Morgan fingerprint density at radius 3 is 1.08 bits per heavy atom. The van der Waals surface area contributed by atoms with E-state index in [4.69, 9.17) is 0 Å². The molecule has 0 spiro atoms. The molecule has 12 aromatic carbocycles. The SMILES string of the molecule is c1ccc(-c2c3c(c(-c4ccccc4)c4ccccc24)-c2cc(-c4ccc(-c5ccc6c(-c7ccccc7)c7ccccc7c(-c7ccccc7)c6c5)cc4)cc4cccc-3c24)cc1. The Labute approximate surface area is 373 Å². The first-order valence-electron chi connectivity index (χ1n) is 22.3. The van der Waals surface area contributed by atoms with Crippen molar-refractivity contribution in [3.63, 3.8) is 0 Å². The van der Waals surface area contributed by atoms with Crippen LogP contribution in [0.15, 0.2) is 243 Å². The van der Waals surface area contributed by atoms with Crippen molar-refractivity contribution < 1.29 is 0 Å². The second-order valence-corrected chi connectivity index (χ2v) is 17.1. The molecule has 0 fully saturated rings. The molecular formula is C64H40. The van der Waals surface area contributed by atoms with Crippen molar-refractivity contribution in [1.29, 1.82) is 0 Å². The molecule has 0 saturated heterocycles. The monoisotopic (exact) mass is 808 g/mol. The highest BCUT2D eigenvalue weighted by Gasteiger charge is 2.31. The van der Waals surface area contributed by atoms with Crippen LogP contribution in [0.2, 0.25) is 0 Å². The topological polar surface area (TPSA) is 0 Å². The maximum atomic E-state index is 2.46. The Balaban J connectivity index is 0.994. The largest absolute Gasteiger partial charge is 0.0622 e. The number of fused-ring (bicyclic) bond motifs is 6. The quantitative estimate of drug-likeness (QED) is 0.147. The van der Waals surface area contributed by atoms with Crippen LogP contribution in [0.25, 0.3) is 132 Å². The predicted molar refractivity (Wildman–Crippen MR) is 274 cm³/mol. The summed E-state index contributed by atoms with van der Waals surface area (Å²) in [6, 6.07) is 89.6. The summed E-state index contributed by atoms with van der Waals surface area (Å²) in [5, 5.41) is 10.2. The van der Waals surface area contributed by atoms with Gasteiger partial charge in [-0.3, -0.25) is 0 Å². The van der Waals surface area contributed by atoms with Crippen LogP contribution in [0.4, 0.5) is 0 Å². The molecule has 64 heavy (non-hydrogen) atoms. The zero-order valence-corrected chi connectivity index (χ0v) is 35.1. The third kappa shape index (κ3) is 5.63. The fourth-order valence-electron chi connectivity index (χ4n) is 10.8. The highest BCUT2D eigenvalue weighted by molar-refractivity contribution is 6.28. The van der Waals surface area contributed by atoms with Crippen molar-refractivity contribution in [3.8, 4) is 89.0 Å². The maximum Gasteiger partial charge on any atom is -0.000720 e. The fourth-order valence-corrected chi connectivity index (χ4v) is 10.8. The normalized spacial score (nSPS) is 11.8. The van der Waals surface area contributed by atoms with Crippen LogP contribution in [0.5, 0.6) is 0 Å². The highest BCUT2D eigenvalue weighted by atomic mass is 14.3. The first-order valence-corrected chi connectivity index (χ1v) is 22.3. The first-order chi connectivity index (χ1) is 31.8. The van der Waals surface area contributed by atoms with Gasteiger partial charge >= 0.3 is 0 Å². The molecule has 12 aromatic rings. The molecular weight excluding hydrogens is 769 g/mol. The minimum absolute atomic E-state index is 1.20. The van der Waals surface area contributed by atoms with Gasteiger partial charge in [-0.25, -0.2) is 0 Å². The summed E-state index contributed by atoms with van der Waals surface area (Å²) in [6.07, 6.45) is 0. The Bertz CT molecular complexity index is 3770. The molecule has 0 unspecified atom stereocenters. The first kappa shape index (κ1) is 36.3. The van der Waals surface area contributed by atoms with Gasteiger partial charge in [0.05, 0.1) is 0 Å². The molecule has 0 bridgehead atoms. The van der Waals surface area contributed by atoms with Gasteiger partial charge in [0.1, 0.15) is 0 Å². The van der Waals surface area contributed by atoms with Crippen molar-refractivity contribution in [2.75, 3.05) is 0 Å². The van der Waals surface area contributed by atoms with Gasteiger partial charge in [-0.2, -0.15) is 0 Å². The number of hydrogen-bond acceptors (Lipinski definition) is 0. The van der Waals surface area contributed by atoms with Gasteiger partial charge in [0.15, 0.2) is 0 Å². The molecule has 0 saturated carbocycles. The van der Waals surface area contributed by atoms with Crippen molar-refractivity contribution >= 4 is 43.1 Å². The molecule has 0 radical (unpaired) electrons. The molecule has 1 aliphatic rings. The fraction of sp³-hybridized carbons (Fsp3) is 0. The lowest BCUT2D eigenvalue weighted by Gasteiger charge is -2.20.